The second-order valence-corrected chi connectivity index (χ2v) is 15.1. The molecule has 0 radical (unpaired) electrons. The maximum absolute atomic E-state index is 14.7. The molecule has 6 unspecified atom stereocenters. The highest BCUT2D eigenvalue weighted by Crippen LogP contribution is 2.63. The van der Waals surface area contributed by atoms with E-state index in [0.29, 0.717) is 48.6 Å². The largest absolute Gasteiger partial charge is 0.508 e. The van der Waals surface area contributed by atoms with Crippen LogP contribution in [0, 0.1) is 40.8 Å². The molecule has 3 aromatic carbocycles. The minimum atomic E-state index is -1.31. The van der Waals surface area contributed by atoms with E-state index in [1.165, 1.54) is 23.1 Å². The van der Waals surface area contributed by atoms with Crippen molar-refractivity contribution >= 4 is 52.3 Å². The van der Waals surface area contributed by atoms with E-state index < -0.39 is 52.6 Å². The van der Waals surface area contributed by atoms with Crippen molar-refractivity contribution in [3.05, 3.63) is 101 Å². The molecule has 12 heteroatoms. The van der Waals surface area contributed by atoms with Gasteiger partial charge in [0.25, 0.3) is 0 Å². The molecular formula is C40H35ClFN3O7. The van der Waals surface area contributed by atoms with Gasteiger partial charge in [0, 0.05) is 36.7 Å². The maximum Gasteiger partial charge on any atom is 0.241 e. The third-order valence-electron chi connectivity index (χ3n) is 12.1. The van der Waals surface area contributed by atoms with Crippen LogP contribution in [0.3, 0.4) is 0 Å². The quantitative estimate of drug-likeness (QED) is 0.265. The molecule has 0 spiro atoms. The Hall–Kier alpha value is -5.00. The predicted octanol–water partition coefficient (Wildman–Crippen LogP) is 5.81. The first kappa shape index (κ1) is 32.9. The monoisotopic (exact) mass is 723 g/mol. The molecule has 1 saturated carbocycles. The van der Waals surface area contributed by atoms with Crippen LogP contribution in [0.4, 0.5) is 21.5 Å². The number of carbonyl (C=O) groups is 4. The Kier molecular flexibility index (Phi) is 7.61. The highest BCUT2D eigenvalue weighted by Gasteiger charge is 2.68. The number of phenolic OH excluding ortho intramolecular Hbond substituents is 1. The van der Waals surface area contributed by atoms with Crippen LogP contribution < -0.4 is 19.4 Å². The van der Waals surface area contributed by atoms with Crippen LogP contribution >= 0.6 is 11.6 Å². The average molecular weight is 724 g/mol. The SMILES string of the molecule is CC12C(=O)N(c3ccc(F)c(Cl)c3)C(=O)C1CC1C(=CCC3C(=O)N(c4ccc(N5CCOCC5)cc4)C(=O)C31)C2C1=COc2ccc(O)cc2C1. The van der Waals surface area contributed by atoms with Crippen molar-refractivity contribution in [1.82, 2.24) is 0 Å². The van der Waals surface area contributed by atoms with Gasteiger partial charge in [-0.15, -0.1) is 0 Å². The maximum atomic E-state index is 14.7. The lowest BCUT2D eigenvalue weighted by Gasteiger charge is -2.49. The molecule has 4 heterocycles. The smallest absolute Gasteiger partial charge is 0.241 e. The molecule has 52 heavy (non-hydrogen) atoms. The summed E-state index contributed by atoms with van der Waals surface area (Å²) in [6, 6.07) is 16.0. The lowest BCUT2D eigenvalue weighted by Crippen LogP contribution is -2.51. The molecule has 266 valence electrons. The van der Waals surface area contributed by atoms with Gasteiger partial charge in [0.1, 0.15) is 17.3 Å². The van der Waals surface area contributed by atoms with Crippen molar-refractivity contribution < 1.29 is 38.1 Å². The second-order valence-electron chi connectivity index (χ2n) is 14.7. The average Bonchev–Trinajstić information content (AvgIpc) is 3.52. The van der Waals surface area contributed by atoms with E-state index in [2.05, 4.69) is 4.90 Å². The van der Waals surface area contributed by atoms with Crippen LogP contribution in [0.1, 0.15) is 25.3 Å². The van der Waals surface area contributed by atoms with Crippen LogP contribution in [0.25, 0.3) is 0 Å². The summed E-state index contributed by atoms with van der Waals surface area (Å²) in [5, 5.41) is 10.1. The van der Waals surface area contributed by atoms with E-state index in [4.69, 9.17) is 21.1 Å². The molecule has 4 fully saturated rings. The van der Waals surface area contributed by atoms with E-state index in [1.807, 2.05) is 18.2 Å². The number of aromatic hydroxyl groups is 1. The first-order chi connectivity index (χ1) is 25.1. The number of anilines is 3. The minimum Gasteiger partial charge on any atom is -0.508 e. The van der Waals surface area contributed by atoms with Crippen LogP contribution in [0.2, 0.25) is 5.02 Å². The van der Waals surface area contributed by atoms with E-state index in [0.717, 1.165) is 35.3 Å². The van der Waals surface area contributed by atoms with Gasteiger partial charge in [0.2, 0.25) is 23.6 Å². The van der Waals surface area contributed by atoms with Crippen LogP contribution in [-0.2, 0) is 30.3 Å². The third-order valence-corrected chi connectivity index (χ3v) is 12.4. The Morgan fingerprint density at radius 3 is 2.35 bits per heavy atom. The van der Waals surface area contributed by atoms with Crippen molar-refractivity contribution in [1.29, 1.82) is 0 Å². The van der Waals surface area contributed by atoms with Gasteiger partial charge in [-0.3, -0.25) is 24.1 Å². The standard InChI is InChI=1S/C40H35ClFN3O7/c1-40-30(37(48)45(39(40)50)25-6-10-32(42)31(41)18-25)19-29-27(35(40)22-16-21-17-26(46)7-11-33(21)52-20-22)8-9-28-34(29)38(49)44(36(28)47)24-4-2-23(3-5-24)43-12-14-51-15-13-43/h2-8,10-11,17-18,20,28-30,34-35,46H,9,12-16,19H2,1H3. The van der Waals surface area contributed by atoms with Crippen molar-refractivity contribution in [2.75, 3.05) is 41.0 Å². The summed E-state index contributed by atoms with van der Waals surface area (Å²) in [4.78, 5) is 62.4. The zero-order chi connectivity index (χ0) is 36.1. The van der Waals surface area contributed by atoms with Crippen molar-refractivity contribution in [3.8, 4) is 11.5 Å². The number of rotatable bonds is 4. The summed E-state index contributed by atoms with van der Waals surface area (Å²) in [5.41, 5.74) is 2.58. The Labute approximate surface area is 304 Å². The molecule has 0 bridgehead atoms. The lowest BCUT2D eigenvalue weighted by atomic mass is 9.51. The first-order valence-corrected chi connectivity index (χ1v) is 18.0. The van der Waals surface area contributed by atoms with Gasteiger partial charge in [-0.1, -0.05) is 23.3 Å². The van der Waals surface area contributed by atoms with Gasteiger partial charge in [-0.25, -0.2) is 9.29 Å². The van der Waals surface area contributed by atoms with E-state index in [1.54, 1.807) is 37.5 Å². The fourth-order valence-corrected chi connectivity index (χ4v) is 9.78. The van der Waals surface area contributed by atoms with E-state index in [-0.39, 0.29) is 34.7 Å². The molecule has 4 amide bonds. The normalized spacial score (nSPS) is 29.6. The molecule has 4 aliphatic heterocycles. The van der Waals surface area contributed by atoms with Gasteiger partial charge in [0.05, 0.1) is 59.0 Å². The number of fused-ring (bicyclic) bond motifs is 5. The van der Waals surface area contributed by atoms with Crippen molar-refractivity contribution in [2.45, 2.75) is 26.2 Å². The fourth-order valence-electron chi connectivity index (χ4n) is 9.60. The summed E-state index contributed by atoms with van der Waals surface area (Å²) in [5.74, 6) is -5.01. The predicted molar refractivity (Wildman–Crippen MR) is 189 cm³/mol. The highest BCUT2D eigenvalue weighted by molar-refractivity contribution is 6.32. The zero-order valence-corrected chi connectivity index (χ0v) is 29.0. The molecule has 10 nitrogen and oxygen atoms in total. The summed E-state index contributed by atoms with van der Waals surface area (Å²) < 4.78 is 25.8. The number of benzene rings is 3. The molecule has 3 aromatic rings. The number of carbonyl (C=O) groups excluding carboxylic acids is 4. The van der Waals surface area contributed by atoms with Crippen LogP contribution in [0.5, 0.6) is 11.5 Å². The first-order valence-electron chi connectivity index (χ1n) is 17.6. The third kappa shape index (κ3) is 4.78. The zero-order valence-electron chi connectivity index (χ0n) is 28.3. The molecule has 2 aliphatic carbocycles. The fraction of sp³-hybridized carbons (Fsp3) is 0.350. The molecule has 6 atom stereocenters. The van der Waals surface area contributed by atoms with E-state index in [9.17, 15) is 28.7 Å². The van der Waals surface area contributed by atoms with Gasteiger partial charge in [-0.05, 0) is 91.9 Å². The van der Waals surface area contributed by atoms with Gasteiger partial charge < -0.3 is 19.5 Å². The van der Waals surface area contributed by atoms with E-state index >= 15 is 0 Å². The molecule has 6 aliphatic rings. The van der Waals surface area contributed by atoms with Gasteiger partial charge >= 0.3 is 0 Å². The Morgan fingerprint density at radius 1 is 0.865 bits per heavy atom. The molecule has 0 aromatic heterocycles. The van der Waals surface area contributed by atoms with Crippen molar-refractivity contribution in [3.63, 3.8) is 0 Å². The second kappa shape index (κ2) is 12.0. The number of nitrogens with zero attached hydrogens (tertiary/aromatic N) is 3. The van der Waals surface area contributed by atoms with Crippen LogP contribution in [0.15, 0.2) is 84.1 Å². The number of amides is 4. The molecule has 3 saturated heterocycles. The van der Waals surface area contributed by atoms with Gasteiger partial charge in [-0.2, -0.15) is 0 Å². The Balaban J connectivity index is 1.11. The minimum absolute atomic E-state index is 0.0635. The topological polar surface area (TPSA) is 117 Å². The number of phenols is 1. The Morgan fingerprint density at radius 2 is 1.60 bits per heavy atom. The molecule has 1 N–H and O–H groups in total. The number of halogens is 2. The number of hydrogen-bond donors (Lipinski definition) is 1. The number of ether oxygens (including phenoxy) is 2. The summed E-state index contributed by atoms with van der Waals surface area (Å²) in [6.07, 6.45) is 4.39. The number of imide groups is 2. The number of morpholine rings is 1. The van der Waals surface area contributed by atoms with Crippen LogP contribution in [-0.4, -0.2) is 55.0 Å². The number of hydrogen-bond acceptors (Lipinski definition) is 8. The summed E-state index contributed by atoms with van der Waals surface area (Å²) in [6.45, 7) is 4.55. The summed E-state index contributed by atoms with van der Waals surface area (Å²) >= 11 is 6.13. The van der Waals surface area contributed by atoms with Crippen molar-refractivity contribution in [2.24, 2.45) is 35.0 Å². The number of allylic oxidation sites excluding steroid dienone is 3. The molecular weight excluding hydrogens is 689 g/mol. The Bertz CT molecular complexity index is 2130. The summed E-state index contributed by atoms with van der Waals surface area (Å²) in [7, 11) is 0. The highest BCUT2D eigenvalue weighted by atomic mass is 35.5. The lowest BCUT2D eigenvalue weighted by molar-refractivity contribution is -0.132. The van der Waals surface area contributed by atoms with Gasteiger partial charge in [0.15, 0.2) is 0 Å². The molecule has 9 rings (SSSR count).